The summed E-state index contributed by atoms with van der Waals surface area (Å²) >= 11 is 1.52. The fraction of sp³-hybridized carbons (Fsp3) is 0. The molecule has 0 atom stereocenters. The number of benzene rings is 1. The molecule has 70 valence electrons. The molecule has 0 spiro atoms. The van der Waals surface area contributed by atoms with Crippen LogP contribution in [-0.2, 0) is 0 Å². The first-order chi connectivity index (χ1) is 6.95. The minimum atomic E-state index is 0.803. The molecule has 0 saturated carbocycles. The Balaban J connectivity index is 1.96. The number of aromatic nitrogens is 1. The number of anilines is 1. The fourth-order valence-corrected chi connectivity index (χ4v) is 1.46. The highest BCUT2D eigenvalue weighted by molar-refractivity contribution is 7.13. The van der Waals surface area contributed by atoms with Crippen LogP contribution in [-0.4, -0.2) is 11.2 Å². The number of rotatable bonds is 3. The third kappa shape index (κ3) is 2.40. The molecule has 14 heavy (non-hydrogen) atoms. The lowest BCUT2D eigenvalue weighted by molar-refractivity contribution is 1.29. The summed E-state index contributed by atoms with van der Waals surface area (Å²) in [7, 11) is 0. The van der Waals surface area contributed by atoms with Crippen molar-refractivity contribution in [2.45, 2.75) is 0 Å². The molecule has 0 aliphatic heterocycles. The van der Waals surface area contributed by atoms with E-state index in [9.17, 15) is 0 Å². The maximum atomic E-state index is 4.06. The lowest BCUT2D eigenvalue weighted by Gasteiger charge is -1.92. The number of hydrogen-bond acceptors (Lipinski definition) is 4. The molecule has 0 amide bonds. The molecule has 1 aromatic heterocycles. The smallest absolute Gasteiger partial charge is 0.203 e. The SMILES string of the molecule is C(=N\Nc1nccs1)/c1ccccc1. The van der Waals surface area contributed by atoms with E-state index in [-0.39, 0.29) is 0 Å². The quantitative estimate of drug-likeness (QED) is 0.615. The van der Waals surface area contributed by atoms with Gasteiger partial charge in [-0.15, -0.1) is 11.3 Å². The van der Waals surface area contributed by atoms with Gasteiger partial charge >= 0.3 is 0 Å². The van der Waals surface area contributed by atoms with Gasteiger partial charge in [0.15, 0.2) is 0 Å². The largest absolute Gasteiger partial charge is 0.253 e. The Hall–Kier alpha value is -1.68. The van der Waals surface area contributed by atoms with E-state index in [1.807, 2.05) is 35.7 Å². The summed E-state index contributed by atoms with van der Waals surface area (Å²) in [4.78, 5) is 4.04. The van der Waals surface area contributed by atoms with Crippen LogP contribution in [0.4, 0.5) is 5.13 Å². The number of nitrogens with one attached hydrogen (secondary N) is 1. The lowest BCUT2D eigenvalue weighted by Crippen LogP contribution is -1.88. The molecule has 0 bridgehead atoms. The number of hydrazone groups is 1. The Kier molecular flexibility index (Phi) is 2.88. The monoisotopic (exact) mass is 203 g/mol. The molecule has 0 saturated heterocycles. The zero-order valence-corrected chi connectivity index (χ0v) is 8.24. The van der Waals surface area contributed by atoms with Gasteiger partial charge in [-0.25, -0.2) is 4.98 Å². The molecular formula is C10H9N3S. The van der Waals surface area contributed by atoms with Crippen LogP contribution >= 0.6 is 11.3 Å². The van der Waals surface area contributed by atoms with Gasteiger partial charge in [0.05, 0.1) is 6.21 Å². The average Bonchev–Trinajstić information content (AvgIpc) is 2.72. The molecule has 0 aliphatic rings. The predicted molar refractivity (Wildman–Crippen MR) is 59.8 cm³/mol. The zero-order valence-electron chi connectivity index (χ0n) is 7.42. The average molecular weight is 203 g/mol. The molecule has 0 radical (unpaired) electrons. The van der Waals surface area contributed by atoms with Crippen LogP contribution in [0.2, 0.25) is 0 Å². The van der Waals surface area contributed by atoms with Gasteiger partial charge < -0.3 is 0 Å². The van der Waals surface area contributed by atoms with Crippen LogP contribution in [0.1, 0.15) is 5.56 Å². The van der Waals surface area contributed by atoms with E-state index < -0.39 is 0 Å². The van der Waals surface area contributed by atoms with E-state index in [1.165, 1.54) is 11.3 Å². The van der Waals surface area contributed by atoms with E-state index >= 15 is 0 Å². The Bertz CT molecular complexity index is 395. The van der Waals surface area contributed by atoms with Crippen molar-refractivity contribution in [3.63, 3.8) is 0 Å². The third-order valence-electron chi connectivity index (χ3n) is 1.61. The minimum absolute atomic E-state index is 0.803. The molecule has 1 heterocycles. The second-order valence-electron chi connectivity index (χ2n) is 2.62. The highest BCUT2D eigenvalue weighted by atomic mass is 32.1. The van der Waals surface area contributed by atoms with E-state index in [1.54, 1.807) is 12.4 Å². The van der Waals surface area contributed by atoms with Crippen LogP contribution in [0.15, 0.2) is 47.0 Å². The van der Waals surface area contributed by atoms with Crippen molar-refractivity contribution in [2.75, 3.05) is 5.43 Å². The maximum absolute atomic E-state index is 4.06. The summed E-state index contributed by atoms with van der Waals surface area (Å²) in [6.07, 6.45) is 3.51. The summed E-state index contributed by atoms with van der Waals surface area (Å²) in [5.74, 6) is 0. The van der Waals surface area contributed by atoms with E-state index in [0.29, 0.717) is 0 Å². The summed E-state index contributed by atoms with van der Waals surface area (Å²) < 4.78 is 0. The van der Waals surface area contributed by atoms with Crippen molar-refractivity contribution >= 4 is 22.7 Å². The van der Waals surface area contributed by atoms with E-state index in [2.05, 4.69) is 15.5 Å². The molecule has 0 aliphatic carbocycles. The zero-order chi connectivity index (χ0) is 9.64. The van der Waals surface area contributed by atoms with Crippen molar-refractivity contribution in [2.24, 2.45) is 5.10 Å². The Morgan fingerprint density at radius 2 is 2.14 bits per heavy atom. The van der Waals surface area contributed by atoms with E-state index in [4.69, 9.17) is 0 Å². The molecular weight excluding hydrogens is 194 g/mol. The van der Waals surface area contributed by atoms with Gasteiger partial charge in [-0.05, 0) is 5.56 Å². The van der Waals surface area contributed by atoms with Crippen LogP contribution in [0.25, 0.3) is 0 Å². The molecule has 0 fully saturated rings. The van der Waals surface area contributed by atoms with Gasteiger partial charge in [0.25, 0.3) is 0 Å². The van der Waals surface area contributed by atoms with Gasteiger partial charge in [0.1, 0.15) is 0 Å². The van der Waals surface area contributed by atoms with Crippen LogP contribution in [0, 0.1) is 0 Å². The highest BCUT2D eigenvalue weighted by Gasteiger charge is 1.88. The molecule has 2 rings (SSSR count). The first kappa shape index (κ1) is 8.90. The van der Waals surface area contributed by atoms with Crippen LogP contribution in [0.5, 0.6) is 0 Å². The topological polar surface area (TPSA) is 37.3 Å². The first-order valence-corrected chi connectivity index (χ1v) is 5.07. The van der Waals surface area contributed by atoms with Gasteiger partial charge in [0, 0.05) is 11.6 Å². The molecule has 2 aromatic rings. The number of nitrogens with zero attached hydrogens (tertiary/aromatic N) is 2. The van der Waals surface area contributed by atoms with Crippen molar-refractivity contribution in [1.82, 2.24) is 4.98 Å². The molecule has 1 aromatic carbocycles. The van der Waals surface area contributed by atoms with Gasteiger partial charge in [-0.3, -0.25) is 5.43 Å². The summed E-state index contributed by atoms with van der Waals surface area (Å²) in [6.45, 7) is 0. The van der Waals surface area contributed by atoms with Crippen molar-refractivity contribution in [1.29, 1.82) is 0 Å². The summed E-state index contributed by atoms with van der Waals surface area (Å²) in [5, 5.41) is 6.76. The Morgan fingerprint density at radius 3 is 2.86 bits per heavy atom. The normalized spacial score (nSPS) is 10.6. The molecule has 0 unspecified atom stereocenters. The Labute approximate surface area is 86.1 Å². The predicted octanol–water partition coefficient (Wildman–Crippen LogP) is 2.59. The fourth-order valence-electron chi connectivity index (χ4n) is 0.980. The number of hydrogen-bond donors (Lipinski definition) is 1. The Morgan fingerprint density at radius 1 is 1.29 bits per heavy atom. The summed E-state index contributed by atoms with van der Waals surface area (Å²) in [5.41, 5.74) is 3.92. The maximum Gasteiger partial charge on any atom is 0.203 e. The second-order valence-corrected chi connectivity index (χ2v) is 3.51. The second kappa shape index (κ2) is 4.53. The first-order valence-electron chi connectivity index (χ1n) is 4.19. The number of thiazole rings is 1. The highest BCUT2D eigenvalue weighted by Crippen LogP contribution is 2.09. The minimum Gasteiger partial charge on any atom is -0.253 e. The van der Waals surface area contributed by atoms with Crippen LogP contribution in [0.3, 0.4) is 0 Å². The van der Waals surface area contributed by atoms with E-state index in [0.717, 1.165) is 10.7 Å². The molecule has 4 heteroatoms. The van der Waals surface area contributed by atoms with Crippen molar-refractivity contribution in [3.05, 3.63) is 47.5 Å². The standard InChI is InChI=1S/C10H9N3S/c1-2-4-9(5-3-1)8-12-13-10-11-6-7-14-10/h1-8H,(H,11,13)/b12-8+. The molecule has 1 N–H and O–H groups in total. The third-order valence-corrected chi connectivity index (χ3v) is 2.28. The van der Waals surface area contributed by atoms with Gasteiger partial charge in [0.2, 0.25) is 5.13 Å². The van der Waals surface area contributed by atoms with Crippen molar-refractivity contribution < 1.29 is 0 Å². The van der Waals surface area contributed by atoms with Crippen LogP contribution < -0.4 is 5.43 Å². The summed E-state index contributed by atoms with van der Waals surface area (Å²) in [6, 6.07) is 9.92. The van der Waals surface area contributed by atoms with Gasteiger partial charge in [-0.2, -0.15) is 5.10 Å². The molecule has 3 nitrogen and oxygen atoms in total. The van der Waals surface area contributed by atoms with Crippen molar-refractivity contribution in [3.8, 4) is 0 Å². The van der Waals surface area contributed by atoms with Gasteiger partial charge in [-0.1, -0.05) is 30.3 Å². The lowest BCUT2D eigenvalue weighted by atomic mass is 10.2.